The minimum atomic E-state index is -0.905. The van der Waals surface area contributed by atoms with E-state index in [2.05, 4.69) is 5.32 Å². The number of aliphatic carboxylic acids is 1. The third kappa shape index (κ3) is 6.04. The van der Waals surface area contributed by atoms with E-state index >= 15 is 0 Å². The average Bonchev–Trinajstić information content (AvgIpc) is 2.40. The normalized spacial score (nSPS) is 12.0. The zero-order valence-corrected chi connectivity index (χ0v) is 12.9. The number of hydrogen-bond donors (Lipinski definition) is 2. The van der Waals surface area contributed by atoms with E-state index in [0.717, 1.165) is 0 Å². The van der Waals surface area contributed by atoms with Gasteiger partial charge in [-0.15, -0.1) is 0 Å². The smallest absolute Gasteiger partial charge is 0.308 e. The lowest BCUT2D eigenvalue weighted by Crippen LogP contribution is -2.36. The van der Waals surface area contributed by atoms with Crippen molar-refractivity contribution in [3.05, 3.63) is 29.3 Å². The van der Waals surface area contributed by atoms with Crippen molar-refractivity contribution in [2.45, 2.75) is 20.3 Å². The maximum absolute atomic E-state index is 11.7. The molecule has 21 heavy (non-hydrogen) atoms. The van der Waals surface area contributed by atoms with Gasteiger partial charge in [-0.1, -0.05) is 37.6 Å². The molecule has 0 saturated heterocycles. The highest BCUT2D eigenvalue weighted by atomic mass is 35.5. The summed E-state index contributed by atoms with van der Waals surface area (Å²) in [5.74, 6) is -1.25. The fourth-order valence-corrected chi connectivity index (χ4v) is 1.93. The monoisotopic (exact) mass is 313 g/mol. The van der Waals surface area contributed by atoms with Gasteiger partial charge >= 0.3 is 5.97 Å². The molecule has 0 fully saturated rings. The van der Waals surface area contributed by atoms with Crippen LogP contribution < -0.4 is 10.1 Å². The van der Waals surface area contributed by atoms with E-state index in [1.54, 1.807) is 24.3 Å². The van der Waals surface area contributed by atoms with Crippen molar-refractivity contribution in [2.24, 2.45) is 11.8 Å². The second kappa shape index (κ2) is 8.52. The first-order valence-corrected chi connectivity index (χ1v) is 7.16. The summed E-state index contributed by atoms with van der Waals surface area (Å²) in [7, 11) is 0. The van der Waals surface area contributed by atoms with Crippen LogP contribution in [-0.4, -0.2) is 30.1 Å². The van der Waals surface area contributed by atoms with Crippen molar-refractivity contribution in [2.75, 3.05) is 13.2 Å². The van der Waals surface area contributed by atoms with Gasteiger partial charge in [0, 0.05) is 6.54 Å². The van der Waals surface area contributed by atoms with Gasteiger partial charge in [0.1, 0.15) is 5.75 Å². The standard InChI is InChI=1S/C15H20ClNO4/c1-10(2)11(15(19)20)9-17-14(18)7-8-21-13-6-4-3-5-12(13)16/h3-6,10-11H,7-9H2,1-2H3,(H,17,18)(H,19,20). The molecule has 0 aliphatic carbocycles. The van der Waals surface area contributed by atoms with Crippen LogP contribution in [0.3, 0.4) is 0 Å². The maximum atomic E-state index is 11.7. The van der Waals surface area contributed by atoms with Gasteiger partial charge in [0.15, 0.2) is 0 Å². The minimum Gasteiger partial charge on any atom is -0.491 e. The molecule has 1 aromatic rings. The Morgan fingerprint density at radius 3 is 2.57 bits per heavy atom. The summed E-state index contributed by atoms with van der Waals surface area (Å²) in [6.45, 7) is 3.93. The van der Waals surface area contributed by atoms with E-state index in [1.165, 1.54) is 0 Å². The highest BCUT2D eigenvalue weighted by Gasteiger charge is 2.21. The second-order valence-electron chi connectivity index (χ2n) is 5.02. The fourth-order valence-electron chi connectivity index (χ4n) is 1.74. The molecule has 0 heterocycles. The molecule has 116 valence electrons. The summed E-state index contributed by atoms with van der Waals surface area (Å²) < 4.78 is 5.40. The molecule has 1 rings (SSSR count). The summed E-state index contributed by atoms with van der Waals surface area (Å²) in [6.07, 6.45) is 0.148. The molecule has 0 bridgehead atoms. The van der Waals surface area contributed by atoms with Crippen LogP contribution >= 0.6 is 11.6 Å². The Kier molecular flexibility index (Phi) is 7.02. The zero-order valence-electron chi connectivity index (χ0n) is 12.1. The number of para-hydroxylation sites is 1. The third-order valence-corrected chi connectivity index (χ3v) is 3.38. The Bertz CT molecular complexity index is 490. The largest absolute Gasteiger partial charge is 0.491 e. The van der Waals surface area contributed by atoms with Crippen LogP contribution in [0.4, 0.5) is 0 Å². The van der Waals surface area contributed by atoms with E-state index in [1.807, 2.05) is 13.8 Å². The lowest BCUT2D eigenvalue weighted by atomic mass is 9.96. The van der Waals surface area contributed by atoms with Crippen molar-refractivity contribution < 1.29 is 19.4 Å². The highest BCUT2D eigenvalue weighted by Crippen LogP contribution is 2.23. The minimum absolute atomic E-state index is 0.0397. The molecule has 6 heteroatoms. The molecule has 1 atom stereocenters. The molecule has 1 unspecified atom stereocenters. The van der Waals surface area contributed by atoms with Crippen molar-refractivity contribution in [3.8, 4) is 5.75 Å². The van der Waals surface area contributed by atoms with Crippen LogP contribution in [-0.2, 0) is 9.59 Å². The summed E-state index contributed by atoms with van der Waals surface area (Å²) in [5, 5.41) is 12.1. The Morgan fingerprint density at radius 2 is 2.00 bits per heavy atom. The van der Waals surface area contributed by atoms with Crippen molar-refractivity contribution in [3.63, 3.8) is 0 Å². The maximum Gasteiger partial charge on any atom is 0.308 e. The molecule has 0 saturated carbocycles. The molecule has 0 radical (unpaired) electrons. The third-order valence-electron chi connectivity index (χ3n) is 3.06. The van der Waals surface area contributed by atoms with Gasteiger partial charge in [0.2, 0.25) is 5.91 Å². The SMILES string of the molecule is CC(C)C(CNC(=O)CCOc1ccccc1Cl)C(=O)O. The van der Waals surface area contributed by atoms with Crippen LogP contribution in [0.5, 0.6) is 5.75 Å². The van der Waals surface area contributed by atoms with E-state index < -0.39 is 11.9 Å². The van der Waals surface area contributed by atoms with Gasteiger partial charge in [-0.05, 0) is 18.1 Å². The van der Waals surface area contributed by atoms with Crippen molar-refractivity contribution in [1.82, 2.24) is 5.32 Å². The first kappa shape index (κ1) is 17.3. The number of rotatable bonds is 8. The number of carboxylic acids is 1. The topological polar surface area (TPSA) is 75.6 Å². The summed E-state index contributed by atoms with van der Waals surface area (Å²) in [5.41, 5.74) is 0. The lowest BCUT2D eigenvalue weighted by Gasteiger charge is -2.16. The molecule has 5 nitrogen and oxygen atoms in total. The number of benzene rings is 1. The van der Waals surface area contributed by atoms with E-state index in [4.69, 9.17) is 21.4 Å². The average molecular weight is 314 g/mol. The summed E-state index contributed by atoms with van der Waals surface area (Å²) in [6, 6.07) is 7.01. The molecule has 0 aliphatic heterocycles. The zero-order chi connectivity index (χ0) is 15.8. The second-order valence-corrected chi connectivity index (χ2v) is 5.43. The van der Waals surface area contributed by atoms with Crippen LogP contribution in [0.2, 0.25) is 5.02 Å². The number of ether oxygens (including phenoxy) is 1. The summed E-state index contributed by atoms with van der Waals surface area (Å²) in [4.78, 5) is 22.7. The van der Waals surface area contributed by atoms with Gasteiger partial charge in [-0.3, -0.25) is 9.59 Å². The number of amides is 1. The molecular weight excluding hydrogens is 294 g/mol. The fraction of sp³-hybridized carbons (Fsp3) is 0.467. The lowest BCUT2D eigenvalue weighted by molar-refractivity contribution is -0.143. The molecule has 2 N–H and O–H groups in total. The van der Waals surface area contributed by atoms with Crippen LogP contribution in [0.15, 0.2) is 24.3 Å². The number of hydrogen-bond acceptors (Lipinski definition) is 3. The van der Waals surface area contributed by atoms with Gasteiger partial charge in [0.05, 0.1) is 24.0 Å². The first-order valence-electron chi connectivity index (χ1n) is 6.78. The Balaban J connectivity index is 2.31. The van der Waals surface area contributed by atoms with Crippen molar-refractivity contribution in [1.29, 1.82) is 0 Å². The molecular formula is C15H20ClNO4. The Hall–Kier alpha value is -1.75. The van der Waals surface area contributed by atoms with Gasteiger partial charge in [-0.2, -0.15) is 0 Å². The van der Waals surface area contributed by atoms with Gasteiger partial charge in [0.25, 0.3) is 0 Å². The molecule has 0 aromatic heterocycles. The first-order chi connectivity index (χ1) is 9.91. The van der Waals surface area contributed by atoms with E-state index in [-0.39, 0.29) is 31.4 Å². The van der Waals surface area contributed by atoms with Crippen molar-refractivity contribution >= 4 is 23.5 Å². The number of carboxylic acid groups (broad SMARTS) is 1. The quantitative estimate of drug-likeness (QED) is 0.773. The predicted molar refractivity (Wildman–Crippen MR) is 80.5 cm³/mol. The number of nitrogens with one attached hydrogen (secondary N) is 1. The molecule has 1 amide bonds. The van der Waals surface area contributed by atoms with E-state index in [9.17, 15) is 9.59 Å². The van der Waals surface area contributed by atoms with E-state index in [0.29, 0.717) is 10.8 Å². The van der Waals surface area contributed by atoms with Crippen LogP contribution in [0, 0.1) is 11.8 Å². The predicted octanol–water partition coefficient (Wildman–Crippen LogP) is 2.58. The molecule has 0 spiro atoms. The number of carbonyl (C=O) groups is 2. The Labute approximate surface area is 129 Å². The highest BCUT2D eigenvalue weighted by molar-refractivity contribution is 6.32. The number of halogens is 1. The van der Waals surface area contributed by atoms with Crippen LogP contribution in [0.25, 0.3) is 0 Å². The summed E-state index contributed by atoms with van der Waals surface area (Å²) >= 11 is 5.92. The number of carbonyl (C=O) groups excluding carboxylic acids is 1. The molecule has 0 aliphatic rings. The molecule has 1 aromatic carbocycles. The van der Waals surface area contributed by atoms with Gasteiger partial charge < -0.3 is 15.2 Å². The Morgan fingerprint density at radius 1 is 1.33 bits per heavy atom. The van der Waals surface area contributed by atoms with Gasteiger partial charge in [-0.25, -0.2) is 0 Å². The van der Waals surface area contributed by atoms with Crippen LogP contribution in [0.1, 0.15) is 20.3 Å².